The summed E-state index contributed by atoms with van der Waals surface area (Å²) in [5.41, 5.74) is 8.26. The first-order valence-electron chi connectivity index (χ1n) is 6.02. The normalized spacial score (nSPS) is 28.1. The summed E-state index contributed by atoms with van der Waals surface area (Å²) in [6.07, 6.45) is 1.47. The SMILES string of the molecule is [N-]=[N+]=NCC1CC(=O)N(C2CCS(=O)(=O)CC2)C1. The Bertz CT molecular complexity index is 469. The Morgan fingerprint density at radius 2 is 2.06 bits per heavy atom. The van der Waals surface area contributed by atoms with Crippen LogP contribution in [-0.4, -0.2) is 49.9 Å². The van der Waals surface area contributed by atoms with Crippen LogP contribution in [-0.2, 0) is 14.6 Å². The molecular formula is C10H16N4O3S. The van der Waals surface area contributed by atoms with Gasteiger partial charge in [-0.2, -0.15) is 0 Å². The standard InChI is InChI=1S/C10H16N4O3S/c11-13-12-6-8-5-10(15)14(7-8)9-1-3-18(16,17)4-2-9/h8-9H,1-7H2. The Morgan fingerprint density at radius 3 is 2.67 bits per heavy atom. The van der Waals surface area contributed by atoms with Crippen molar-refractivity contribution in [2.24, 2.45) is 11.0 Å². The fourth-order valence-corrected chi connectivity index (χ4v) is 4.09. The van der Waals surface area contributed by atoms with E-state index in [4.69, 9.17) is 5.53 Å². The number of carbonyl (C=O) groups excluding carboxylic acids is 1. The van der Waals surface area contributed by atoms with E-state index in [1.807, 2.05) is 0 Å². The van der Waals surface area contributed by atoms with Crippen molar-refractivity contribution in [3.05, 3.63) is 10.4 Å². The number of amides is 1. The summed E-state index contributed by atoms with van der Waals surface area (Å²) in [6, 6.07) is 0.0390. The number of sulfone groups is 1. The molecule has 0 spiro atoms. The summed E-state index contributed by atoms with van der Waals surface area (Å²) < 4.78 is 22.7. The minimum atomic E-state index is -2.89. The number of likely N-dealkylation sites (tertiary alicyclic amines) is 1. The highest BCUT2D eigenvalue weighted by Crippen LogP contribution is 2.26. The summed E-state index contributed by atoms with van der Waals surface area (Å²) in [6.45, 7) is 0.923. The molecular weight excluding hydrogens is 256 g/mol. The Kier molecular flexibility index (Phi) is 3.77. The molecule has 100 valence electrons. The van der Waals surface area contributed by atoms with E-state index in [1.165, 1.54) is 0 Å². The second-order valence-electron chi connectivity index (χ2n) is 4.91. The van der Waals surface area contributed by atoms with Crippen LogP contribution in [0.2, 0.25) is 0 Å². The lowest BCUT2D eigenvalue weighted by atomic mass is 10.1. The van der Waals surface area contributed by atoms with Crippen LogP contribution >= 0.6 is 0 Å². The molecule has 0 aromatic heterocycles. The first-order chi connectivity index (χ1) is 8.52. The van der Waals surface area contributed by atoms with E-state index in [-0.39, 0.29) is 29.4 Å². The molecule has 0 N–H and O–H groups in total. The predicted molar refractivity (Wildman–Crippen MR) is 65.5 cm³/mol. The fraction of sp³-hybridized carbons (Fsp3) is 0.900. The van der Waals surface area contributed by atoms with Gasteiger partial charge in [0.15, 0.2) is 0 Å². The van der Waals surface area contributed by atoms with Gasteiger partial charge in [0.2, 0.25) is 5.91 Å². The maximum Gasteiger partial charge on any atom is 0.223 e. The zero-order valence-electron chi connectivity index (χ0n) is 10.0. The van der Waals surface area contributed by atoms with Gasteiger partial charge in [0.1, 0.15) is 9.84 Å². The molecule has 7 nitrogen and oxygen atoms in total. The number of azide groups is 1. The molecule has 2 aliphatic heterocycles. The van der Waals surface area contributed by atoms with E-state index in [2.05, 4.69) is 10.0 Å². The van der Waals surface area contributed by atoms with E-state index < -0.39 is 9.84 Å². The number of hydrogen-bond acceptors (Lipinski definition) is 4. The summed E-state index contributed by atoms with van der Waals surface area (Å²) in [7, 11) is -2.89. The molecule has 2 aliphatic rings. The Morgan fingerprint density at radius 1 is 1.39 bits per heavy atom. The summed E-state index contributed by atoms with van der Waals surface area (Å²) in [5, 5.41) is 3.50. The van der Waals surface area contributed by atoms with Crippen molar-refractivity contribution in [2.75, 3.05) is 24.6 Å². The van der Waals surface area contributed by atoms with Crippen LogP contribution in [0.5, 0.6) is 0 Å². The van der Waals surface area contributed by atoms with Crippen molar-refractivity contribution in [1.29, 1.82) is 0 Å². The number of rotatable bonds is 3. The molecule has 0 aromatic rings. The average Bonchev–Trinajstić information content (AvgIpc) is 2.68. The lowest BCUT2D eigenvalue weighted by molar-refractivity contribution is -0.129. The Hall–Kier alpha value is -1.27. The molecule has 8 heteroatoms. The largest absolute Gasteiger partial charge is 0.339 e. The minimum Gasteiger partial charge on any atom is -0.339 e. The van der Waals surface area contributed by atoms with Crippen molar-refractivity contribution in [2.45, 2.75) is 25.3 Å². The lowest BCUT2D eigenvalue weighted by Gasteiger charge is -2.31. The van der Waals surface area contributed by atoms with Gasteiger partial charge in [-0.05, 0) is 24.3 Å². The third kappa shape index (κ3) is 2.94. The highest BCUT2D eigenvalue weighted by molar-refractivity contribution is 7.91. The van der Waals surface area contributed by atoms with Gasteiger partial charge in [0.05, 0.1) is 11.5 Å². The van der Waals surface area contributed by atoms with Gasteiger partial charge < -0.3 is 4.90 Å². The Labute approximate surface area is 106 Å². The lowest BCUT2D eigenvalue weighted by Crippen LogP contribution is -2.42. The zero-order valence-corrected chi connectivity index (χ0v) is 10.8. The van der Waals surface area contributed by atoms with E-state index in [9.17, 15) is 13.2 Å². The van der Waals surface area contributed by atoms with Gasteiger partial charge in [-0.25, -0.2) is 8.42 Å². The molecule has 18 heavy (non-hydrogen) atoms. The van der Waals surface area contributed by atoms with E-state index in [0.717, 1.165) is 0 Å². The van der Waals surface area contributed by atoms with Gasteiger partial charge in [-0.15, -0.1) is 0 Å². The molecule has 0 aromatic carbocycles. The van der Waals surface area contributed by atoms with Crippen LogP contribution in [0.4, 0.5) is 0 Å². The topological polar surface area (TPSA) is 103 Å². The average molecular weight is 272 g/mol. The van der Waals surface area contributed by atoms with Crippen molar-refractivity contribution in [1.82, 2.24) is 4.90 Å². The van der Waals surface area contributed by atoms with Crippen molar-refractivity contribution in [3.8, 4) is 0 Å². The molecule has 1 atom stereocenters. The molecule has 2 rings (SSSR count). The third-order valence-electron chi connectivity index (χ3n) is 3.61. The molecule has 2 fully saturated rings. The highest BCUT2D eigenvalue weighted by atomic mass is 32.2. The predicted octanol–water partition coefficient (Wildman–Crippen LogP) is 0.722. The molecule has 2 saturated heterocycles. The summed E-state index contributed by atoms with van der Waals surface area (Å²) in [4.78, 5) is 16.3. The van der Waals surface area contributed by atoms with E-state index >= 15 is 0 Å². The molecule has 0 saturated carbocycles. The quantitative estimate of drug-likeness (QED) is 0.429. The maximum absolute atomic E-state index is 11.9. The molecule has 1 amide bonds. The summed E-state index contributed by atoms with van der Waals surface area (Å²) >= 11 is 0. The monoisotopic (exact) mass is 272 g/mol. The van der Waals surface area contributed by atoms with Gasteiger partial charge in [-0.3, -0.25) is 4.79 Å². The van der Waals surface area contributed by atoms with Gasteiger partial charge in [-0.1, -0.05) is 5.11 Å². The molecule has 0 radical (unpaired) electrons. The van der Waals surface area contributed by atoms with Gasteiger partial charge in [0, 0.05) is 30.5 Å². The van der Waals surface area contributed by atoms with Crippen LogP contribution < -0.4 is 0 Å². The zero-order chi connectivity index (χ0) is 13.2. The minimum absolute atomic E-state index is 0.0390. The molecule has 2 heterocycles. The molecule has 1 unspecified atom stereocenters. The third-order valence-corrected chi connectivity index (χ3v) is 5.32. The van der Waals surface area contributed by atoms with Crippen molar-refractivity contribution < 1.29 is 13.2 Å². The first-order valence-corrected chi connectivity index (χ1v) is 7.85. The van der Waals surface area contributed by atoms with Gasteiger partial charge >= 0.3 is 0 Å². The molecule has 0 bridgehead atoms. The van der Waals surface area contributed by atoms with E-state index in [0.29, 0.717) is 32.4 Å². The first kappa shape index (κ1) is 13.2. The van der Waals surface area contributed by atoms with Crippen LogP contribution in [0.3, 0.4) is 0 Å². The van der Waals surface area contributed by atoms with Crippen LogP contribution in [0, 0.1) is 5.92 Å². The van der Waals surface area contributed by atoms with Gasteiger partial charge in [0.25, 0.3) is 0 Å². The van der Waals surface area contributed by atoms with Crippen molar-refractivity contribution >= 4 is 15.7 Å². The smallest absolute Gasteiger partial charge is 0.223 e. The van der Waals surface area contributed by atoms with Crippen molar-refractivity contribution in [3.63, 3.8) is 0 Å². The number of nitrogens with zero attached hydrogens (tertiary/aromatic N) is 4. The highest BCUT2D eigenvalue weighted by Gasteiger charge is 2.36. The van der Waals surface area contributed by atoms with Crippen LogP contribution in [0.25, 0.3) is 10.4 Å². The second-order valence-corrected chi connectivity index (χ2v) is 7.22. The second kappa shape index (κ2) is 5.16. The van der Waals surface area contributed by atoms with Crippen LogP contribution in [0.1, 0.15) is 19.3 Å². The summed E-state index contributed by atoms with van der Waals surface area (Å²) in [5.74, 6) is 0.467. The maximum atomic E-state index is 11.9. The number of carbonyl (C=O) groups is 1. The number of hydrogen-bond donors (Lipinski definition) is 0. The van der Waals surface area contributed by atoms with E-state index in [1.54, 1.807) is 4.90 Å². The molecule has 0 aliphatic carbocycles. The van der Waals surface area contributed by atoms with Crippen LogP contribution in [0.15, 0.2) is 5.11 Å². The Balaban J connectivity index is 1.94. The fourth-order valence-electron chi connectivity index (χ4n) is 2.62.